The molecule has 1 fully saturated rings. The summed E-state index contributed by atoms with van der Waals surface area (Å²) in [6.45, 7) is 6.49. The maximum atomic E-state index is 12.4. The topological polar surface area (TPSA) is 32.3 Å². The van der Waals surface area contributed by atoms with Crippen LogP contribution in [0.3, 0.4) is 0 Å². The molecule has 3 nitrogen and oxygen atoms in total. The number of para-hydroxylation sites is 1. The maximum Gasteiger partial charge on any atom is 0.226 e. The molecule has 2 unspecified atom stereocenters. The molecule has 1 aromatic carbocycles. The Hall–Kier alpha value is -1.35. The molecule has 23 heavy (non-hydrogen) atoms. The van der Waals surface area contributed by atoms with Gasteiger partial charge in [0.1, 0.15) is 0 Å². The van der Waals surface area contributed by atoms with Crippen LogP contribution in [0.2, 0.25) is 0 Å². The number of fused-ring (bicyclic) bond motifs is 1. The molecule has 1 aromatic rings. The van der Waals surface area contributed by atoms with E-state index < -0.39 is 0 Å². The van der Waals surface area contributed by atoms with Crippen LogP contribution in [0.25, 0.3) is 0 Å². The molecule has 1 heterocycles. The number of nitrogens with one attached hydrogen (secondary N) is 1. The summed E-state index contributed by atoms with van der Waals surface area (Å²) < 4.78 is 0. The Morgan fingerprint density at radius 2 is 1.87 bits per heavy atom. The van der Waals surface area contributed by atoms with Crippen LogP contribution in [0.4, 0.5) is 5.69 Å². The van der Waals surface area contributed by atoms with Crippen LogP contribution < -0.4 is 10.2 Å². The first kappa shape index (κ1) is 16.5. The lowest BCUT2D eigenvalue weighted by Gasteiger charge is -2.41. The highest BCUT2D eigenvalue weighted by atomic mass is 16.2. The van der Waals surface area contributed by atoms with Crippen molar-refractivity contribution in [2.75, 3.05) is 4.90 Å². The highest BCUT2D eigenvalue weighted by Crippen LogP contribution is 2.38. The van der Waals surface area contributed by atoms with Crippen LogP contribution in [0, 0.1) is 5.92 Å². The van der Waals surface area contributed by atoms with Crippen molar-refractivity contribution in [3.8, 4) is 0 Å². The summed E-state index contributed by atoms with van der Waals surface area (Å²) in [7, 11) is 0. The third-order valence-electron chi connectivity index (χ3n) is 5.61. The fourth-order valence-corrected chi connectivity index (χ4v) is 4.23. The number of hydrogen-bond donors (Lipinski definition) is 1. The van der Waals surface area contributed by atoms with E-state index in [9.17, 15) is 4.79 Å². The monoisotopic (exact) mass is 314 g/mol. The zero-order valence-electron chi connectivity index (χ0n) is 14.7. The van der Waals surface area contributed by atoms with Crippen molar-refractivity contribution in [2.24, 2.45) is 5.92 Å². The summed E-state index contributed by atoms with van der Waals surface area (Å²) in [6.07, 6.45) is 6.81. The summed E-state index contributed by atoms with van der Waals surface area (Å²) in [5.41, 5.74) is 2.41. The van der Waals surface area contributed by atoms with Gasteiger partial charge in [0, 0.05) is 30.2 Å². The van der Waals surface area contributed by atoms with E-state index in [0.29, 0.717) is 18.5 Å². The Bertz CT molecular complexity index is 548. The van der Waals surface area contributed by atoms with Gasteiger partial charge in [-0.2, -0.15) is 0 Å². The number of anilines is 1. The van der Waals surface area contributed by atoms with E-state index >= 15 is 0 Å². The number of hydrogen-bond acceptors (Lipinski definition) is 2. The first-order valence-corrected chi connectivity index (χ1v) is 9.27. The van der Waals surface area contributed by atoms with Crippen molar-refractivity contribution in [3.05, 3.63) is 29.8 Å². The molecule has 126 valence electrons. The predicted octanol–water partition coefficient (Wildman–Crippen LogP) is 4.43. The van der Waals surface area contributed by atoms with Gasteiger partial charge in [-0.05, 0) is 56.6 Å². The Kier molecular flexibility index (Phi) is 5.05. The van der Waals surface area contributed by atoms with Gasteiger partial charge in [-0.15, -0.1) is 0 Å². The molecule has 2 aliphatic rings. The lowest BCUT2D eigenvalue weighted by atomic mass is 9.85. The average Bonchev–Trinajstić information content (AvgIpc) is 2.56. The molecule has 3 heteroatoms. The average molecular weight is 314 g/mol. The summed E-state index contributed by atoms with van der Waals surface area (Å²) >= 11 is 0. The van der Waals surface area contributed by atoms with Gasteiger partial charge in [-0.25, -0.2) is 0 Å². The summed E-state index contributed by atoms with van der Waals surface area (Å²) in [5, 5.41) is 3.90. The zero-order valence-corrected chi connectivity index (χ0v) is 14.7. The fourth-order valence-electron chi connectivity index (χ4n) is 4.23. The van der Waals surface area contributed by atoms with Crippen LogP contribution in [0.5, 0.6) is 0 Å². The molecule has 0 spiro atoms. The largest absolute Gasteiger partial charge is 0.309 e. The molecule has 1 aliphatic carbocycles. The van der Waals surface area contributed by atoms with Crippen molar-refractivity contribution >= 4 is 11.6 Å². The third kappa shape index (κ3) is 3.45. The number of amides is 1. The van der Waals surface area contributed by atoms with Gasteiger partial charge in [-0.1, -0.05) is 32.0 Å². The molecular formula is C20H30N2O. The van der Waals surface area contributed by atoms with Gasteiger partial charge in [0.2, 0.25) is 5.91 Å². The molecule has 1 amide bonds. The molecule has 0 saturated heterocycles. The lowest BCUT2D eigenvalue weighted by Crippen LogP contribution is -2.47. The first-order valence-electron chi connectivity index (χ1n) is 9.27. The molecular weight excluding hydrogens is 284 g/mol. The molecule has 1 N–H and O–H groups in total. The quantitative estimate of drug-likeness (QED) is 0.895. The second kappa shape index (κ2) is 7.04. The third-order valence-corrected chi connectivity index (χ3v) is 5.61. The standard InChI is InChI=1S/C20H30N2O/c1-4-20(23)22-15(3)13-18(17-7-5-6-8-19(17)22)21-16-11-9-14(2)10-12-16/h5-8,14-16,18,21H,4,9-13H2,1-3H3. The van der Waals surface area contributed by atoms with E-state index in [2.05, 4.69) is 37.4 Å². The first-order chi connectivity index (χ1) is 11.1. The van der Waals surface area contributed by atoms with Gasteiger partial charge in [0.15, 0.2) is 0 Å². The van der Waals surface area contributed by atoms with E-state index in [1.165, 1.54) is 31.2 Å². The van der Waals surface area contributed by atoms with Crippen LogP contribution in [-0.2, 0) is 4.79 Å². The molecule has 0 radical (unpaired) electrons. The fraction of sp³-hybridized carbons (Fsp3) is 0.650. The van der Waals surface area contributed by atoms with E-state index in [4.69, 9.17) is 0 Å². The summed E-state index contributed by atoms with van der Waals surface area (Å²) in [6, 6.07) is 9.71. The van der Waals surface area contributed by atoms with Crippen LogP contribution in [-0.4, -0.2) is 18.0 Å². The number of carbonyl (C=O) groups excluding carboxylic acids is 1. The molecule has 3 rings (SSSR count). The maximum absolute atomic E-state index is 12.4. The van der Waals surface area contributed by atoms with Crippen molar-refractivity contribution in [3.63, 3.8) is 0 Å². The van der Waals surface area contributed by atoms with Gasteiger partial charge in [0.25, 0.3) is 0 Å². The minimum absolute atomic E-state index is 0.231. The Morgan fingerprint density at radius 3 is 2.57 bits per heavy atom. The van der Waals surface area contributed by atoms with Gasteiger partial charge >= 0.3 is 0 Å². The number of carbonyl (C=O) groups is 1. The molecule has 0 aromatic heterocycles. The Labute approximate surface area is 140 Å². The number of nitrogens with zero attached hydrogens (tertiary/aromatic N) is 1. The van der Waals surface area contributed by atoms with Crippen molar-refractivity contribution < 1.29 is 4.79 Å². The second-order valence-electron chi connectivity index (χ2n) is 7.44. The number of benzene rings is 1. The minimum Gasteiger partial charge on any atom is -0.309 e. The van der Waals surface area contributed by atoms with Crippen LogP contribution in [0.1, 0.15) is 70.9 Å². The highest BCUT2D eigenvalue weighted by Gasteiger charge is 2.34. The highest BCUT2D eigenvalue weighted by molar-refractivity contribution is 5.95. The summed E-state index contributed by atoms with van der Waals surface area (Å²) in [5.74, 6) is 1.11. The molecule has 2 atom stereocenters. The van der Waals surface area contributed by atoms with E-state index in [1.807, 2.05) is 17.9 Å². The van der Waals surface area contributed by atoms with E-state index in [0.717, 1.165) is 18.0 Å². The summed E-state index contributed by atoms with van der Waals surface area (Å²) in [4.78, 5) is 14.4. The normalized spacial score (nSPS) is 30.8. The predicted molar refractivity (Wildman–Crippen MR) is 95.6 cm³/mol. The van der Waals surface area contributed by atoms with Gasteiger partial charge in [-0.3, -0.25) is 4.79 Å². The number of rotatable bonds is 3. The van der Waals surface area contributed by atoms with Crippen LogP contribution >= 0.6 is 0 Å². The smallest absolute Gasteiger partial charge is 0.226 e. The molecule has 1 saturated carbocycles. The minimum atomic E-state index is 0.231. The zero-order chi connectivity index (χ0) is 16.4. The molecule has 1 aliphatic heterocycles. The van der Waals surface area contributed by atoms with Gasteiger partial charge in [0.05, 0.1) is 0 Å². The van der Waals surface area contributed by atoms with E-state index in [-0.39, 0.29) is 11.9 Å². The Balaban J connectivity index is 1.81. The van der Waals surface area contributed by atoms with Crippen LogP contribution in [0.15, 0.2) is 24.3 Å². The Morgan fingerprint density at radius 1 is 1.17 bits per heavy atom. The van der Waals surface area contributed by atoms with Crippen molar-refractivity contribution in [2.45, 2.75) is 77.4 Å². The second-order valence-corrected chi connectivity index (χ2v) is 7.44. The van der Waals surface area contributed by atoms with Gasteiger partial charge < -0.3 is 10.2 Å². The molecule has 0 bridgehead atoms. The van der Waals surface area contributed by atoms with Crippen molar-refractivity contribution in [1.29, 1.82) is 0 Å². The van der Waals surface area contributed by atoms with Crippen molar-refractivity contribution in [1.82, 2.24) is 5.32 Å². The SMILES string of the molecule is CCC(=O)N1c2ccccc2C(NC2CCC(C)CC2)CC1C. The van der Waals surface area contributed by atoms with E-state index in [1.54, 1.807) is 0 Å². The lowest BCUT2D eigenvalue weighted by molar-refractivity contribution is -0.118.